The van der Waals surface area contributed by atoms with Gasteiger partial charge in [-0.2, -0.15) is 9.61 Å². The molecule has 4 heterocycles. The number of imide groups is 1. The highest BCUT2D eigenvalue weighted by Crippen LogP contribution is 2.54. The average Bonchev–Trinajstić information content (AvgIpc) is 3.66. The van der Waals surface area contributed by atoms with Gasteiger partial charge in [0.05, 0.1) is 33.7 Å². The summed E-state index contributed by atoms with van der Waals surface area (Å²) in [7, 11) is 0. The van der Waals surface area contributed by atoms with E-state index in [0.717, 1.165) is 44.6 Å². The first-order chi connectivity index (χ1) is 23.7. The molecule has 0 saturated heterocycles. The molecule has 0 atom stereocenters. The molecule has 0 unspecified atom stereocenters. The summed E-state index contributed by atoms with van der Waals surface area (Å²) in [4.78, 5) is 38.7. The molecule has 8 nitrogen and oxygen atoms in total. The maximum absolute atomic E-state index is 13.7. The van der Waals surface area contributed by atoms with Gasteiger partial charge in [-0.15, -0.1) is 0 Å². The van der Waals surface area contributed by atoms with Crippen molar-refractivity contribution in [2.24, 2.45) is 0 Å². The van der Waals surface area contributed by atoms with Crippen LogP contribution in [0.4, 0.5) is 0 Å². The van der Waals surface area contributed by atoms with Crippen LogP contribution in [0, 0.1) is 6.92 Å². The Balaban J connectivity index is 1.18. The summed E-state index contributed by atoms with van der Waals surface area (Å²) >= 11 is 0. The summed E-state index contributed by atoms with van der Waals surface area (Å²) in [5.41, 5.74) is 7.57. The van der Waals surface area contributed by atoms with Crippen LogP contribution >= 0.6 is 0 Å². The highest BCUT2D eigenvalue weighted by atomic mass is 16.3. The van der Waals surface area contributed by atoms with Crippen molar-refractivity contribution in [1.29, 1.82) is 0 Å². The van der Waals surface area contributed by atoms with Gasteiger partial charge in [0.25, 0.3) is 11.8 Å². The van der Waals surface area contributed by atoms with Gasteiger partial charge < -0.3 is 5.11 Å². The van der Waals surface area contributed by atoms with Crippen LogP contribution in [0.5, 0.6) is 0 Å². The standard InChI is InChI=1S/C41H31N5O3/c1-25-12-14-27(15-13-25)34-21-35-42-22-29-20-33(26-8-4-3-5-9-26)36(43-37(29)46(35)44-34)28-16-18-30(19-17-28)41(23-40(2,49)24-41)45-38(47)31-10-6-7-11-32(31)39(45)48/h3-22,49H,23-24H2,1-2H3. The van der Waals surface area contributed by atoms with E-state index in [-0.39, 0.29) is 24.7 Å². The molecule has 2 aliphatic rings. The van der Waals surface area contributed by atoms with Crippen molar-refractivity contribution in [1.82, 2.24) is 24.5 Å². The SMILES string of the molecule is Cc1ccc(-c2cc3ncc4cc(-c5ccccc5)c(-c5ccc(C6(N7C(=O)c8ccccc8C7=O)CC(C)(O)C6)cc5)nc4n3n2)cc1. The number of aromatic nitrogens is 4. The van der Waals surface area contributed by atoms with Gasteiger partial charge in [0.1, 0.15) is 0 Å². The molecule has 0 radical (unpaired) electrons. The minimum Gasteiger partial charge on any atom is -0.390 e. The first-order valence-electron chi connectivity index (χ1n) is 16.3. The number of pyridine rings is 1. The number of aryl methyl sites for hydroxylation is 1. The number of carbonyl (C=O) groups excluding carboxylic acids is 2. The van der Waals surface area contributed by atoms with Crippen LogP contribution in [0.1, 0.15) is 51.6 Å². The molecular formula is C41H31N5O3. The molecule has 7 aromatic rings. The Morgan fingerprint density at radius 3 is 2.00 bits per heavy atom. The molecule has 1 aliphatic heterocycles. The van der Waals surface area contributed by atoms with Crippen molar-refractivity contribution in [2.75, 3.05) is 0 Å². The van der Waals surface area contributed by atoms with Crippen molar-refractivity contribution >= 4 is 28.5 Å². The minimum absolute atomic E-state index is 0.252. The highest BCUT2D eigenvalue weighted by Gasteiger charge is 2.60. The van der Waals surface area contributed by atoms with Crippen molar-refractivity contribution in [2.45, 2.75) is 37.8 Å². The predicted molar refractivity (Wildman–Crippen MR) is 188 cm³/mol. The smallest absolute Gasteiger partial charge is 0.262 e. The van der Waals surface area contributed by atoms with E-state index in [4.69, 9.17) is 15.1 Å². The lowest BCUT2D eigenvalue weighted by Crippen LogP contribution is -2.63. The van der Waals surface area contributed by atoms with Gasteiger partial charge in [-0.05, 0) is 43.2 Å². The predicted octanol–water partition coefficient (Wildman–Crippen LogP) is 7.62. The van der Waals surface area contributed by atoms with E-state index >= 15 is 0 Å². The Morgan fingerprint density at radius 1 is 0.714 bits per heavy atom. The Bertz CT molecular complexity index is 2420. The van der Waals surface area contributed by atoms with E-state index in [2.05, 4.69) is 49.4 Å². The molecule has 8 heteroatoms. The third-order valence-electron chi connectivity index (χ3n) is 9.95. The molecule has 1 aliphatic carbocycles. The summed E-state index contributed by atoms with van der Waals surface area (Å²) < 4.78 is 1.80. The van der Waals surface area contributed by atoms with E-state index in [9.17, 15) is 14.7 Å². The van der Waals surface area contributed by atoms with E-state index in [1.165, 1.54) is 10.5 Å². The lowest BCUT2D eigenvalue weighted by Gasteiger charge is -2.55. The van der Waals surface area contributed by atoms with Crippen molar-refractivity contribution < 1.29 is 14.7 Å². The normalized spacial score (nSPS) is 20.2. The maximum atomic E-state index is 13.7. The Hall–Kier alpha value is -5.99. The van der Waals surface area contributed by atoms with Gasteiger partial charge in [0, 0.05) is 47.2 Å². The van der Waals surface area contributed by atoms with E-state index < -0.39 is 11.1 Å². The maximum Gasteiger partial charge on any atom is 0.262 e. The topological polar surface area (TPSA) is 101 Å². The van der Waals surface area contributed by atoms with Gasteiger partial charge in [-0.25, -0.2) is 9.97 Å². The summed E-state index contributed by atoms with van der Waals surface area (Å²) in [5, 5.41) is 16.7. The van der Waals surface area contributed by atoms with Gasteiger partial charge in [0.15, 0.2) is 11.3 Å². The second-order valence-corrected chi connectivity index (χ2v) is 13.5. The lowest BCUT2D eigenvalue weighted by molar-refractivity contribution is -0.118. The first kappa shape index (κ1) is 29.2. The minimum atomic E-state index is -1.00. The Morgan fingerprint density at radius 2 is 1.35 bits per heavy atom. The second-order valence-electron chi connectivity index (χ2n) is 13.5. The Kier molecular flexibility index (Phi) is 6.25. The Labute approximate surface area is 282 Å². The number of hydrogen-bond acceptors (Lipinski definition) is 6. The zero-order chi connectivity index (χ0) is 33.5. The second kappa shape index (κ2) is 10.5. The monoisotopic (exact) mass is 641 g/mol. The number of benzene rings is 4. The lowest BCUT2D eigenvalue weighted by atomic mass is 9.61. The molecule has 1 saturated carbocycles. The van der Waals surface area contributed by atoms with Crippen LogP contribution in [0.3, 0.4) is 0 Å². The van der Waals surface area contributed by atoms with Gasteiger partial charge in [-0.3, -0.25) is 14.5 Å². The molecule has 9 rings (SSSR count). The largest absolute Gasteiger partial charge is 0.390 e. The number of amides is 2. The number of rotatable bonds is 5. The number of aliphatic hydroxyl groups is 1. The summed E-state index contributed by atoms with van der Waals surface area (Å²) in [6.07, 6.45) is 2.34. The first-order valence-corrected chi connectivity index (χ1v) is 16.3. The molecule has 0 bridgehead atoms. The summed E-state index contributed by atoms with van der Waals surface area (Å²) in [5.74, 6) is -0.658. The molecule has 49 heavy (non-hydrogen) atoms. The number of carbonyl (C=O) groups is 2. The highest BCUT2D eigenvalue weighted by molar-refractivity contribution is 6.22. The fourth-order valence-electron chi connectivity index (χ4n) is 7.68. The molecule has 0 spiro atoms. The van der Waals surface area contributed by atoms with Crippen LogP contribution in [-0.2, 0) is 5.54 Å². The van der Waals surface area contributed by atoms with E-state index in [0.29, 0.717) is 22.4 Å². The third-order valence-corrected chi connectivity index (χ3v) is 9.95. The fraction of sp³-hybridized carbons (Fsp3) is 0.146. The van der Waals surface area contributed by atoms with Crippen LogP contribution in [0.2, 0.25) is 0 Å². The van der Waals surface area contributed by atoms with Crippen molar-refractivity contribution in [3.63, 3.8) is 0 Å². The van der Waals surface area contributed by atoms with Crippen LogP contribution < -0.4 is 0 Å². The zero-order valence-corrected chi connectivity index (χ0v) is 27.0. The van der Waals surface area contributed by atoms with Crippen molar-refractivity contribution in [3.8, 4) is 33.6 Å². The average molecular weight is 642 g/mol. The quantitative estimate of drug-likeness (QED) is 0.194. The molecule has 4 aromatic carbocycles. The van der Waals surface area contributed by atoms with Crippen LogP contribution in [0.15, 0.2) is 121 Å². The molecule has 1 N–H and O–H groups in total. The summed E-state index contributed by atoms with van der Waals surface area (Å²) in [6.45, 7) is 3.81. The van der Waals surface area contributed by atoms with Crippen LogP contribution in [0.25, 0.3) is 50.3 Å². The van der Waals surface area contributed by atoms with E-state index in [1.54, 1.807) is 35.7 Å². The van der Waals surface area contributed by atoms with Gasteiger partial charge in [0.2, 0.25) is 0 Å². The zero-order valence-electron chi connectivity index (χ0n) is 27.0. The van der Waals surface area contributed by atoms with Gasteiger partial charge >= 0.3 is 0 Å². The van der Waals surface area contributed by atoms with Crippen LogP contribution in [-0.4, -0.2) is 47.0 Å². The van der Waals surface area contributed by atoms with E-state index in [1.807, 2.05) is 54.7 Å². The molecule has 238 valence electrons. The number of hydrogen-bond donors (Lipinski definition) is 1. The number of fused-ring (bicyclic) bond motifs is 4. The molecule has 2 amide bonds. The number of nitrogens with zero attached hydrogens (tertiary/aromatic N) is 5. The third kappa shape index (κ3) is 4.52. The molecular weight excluding hydrogens is 610 g/mol. The van der Waals surface area contributed by atoms with Gasteiger partial charge in [-0.1, -0.05) is 96.6 Å². The molecule has 1 fully saturated rings. The molecule has 3 aromatic heterocycles. The summed E-state index contributed by atoms with van der Waals surface area (Å²) in [6, 6.07) is 37.2. The van der Waals surface area contributed by atoms with Crippen molar-refractivity contribution in [3.05, 3.63) is 144 Å². The fourth-order valence-corrected chi connectivity index (χ4v) is 7.68.